The summed E-state index contributed by atoms with van der Waals surface area (Å²) in [6.45, 7) is 0.247. The minimum Gasteiger partial charge on any atom is -0.454 e. The Morgan fingerprint density at radius 2 is 2.11 bits per heavy atom. The topological polar surface area (TPSA) is 47.6 Å². The quantitative estimate of drug-likeness (QED) is 0.889. The van der Waals surface area contributed by atoms with Gasteiger partial charge in [-0.15, -0.1) is 0 Å². The van der Waals surface area contributed by atoms with E-state index in [2.05, 4.69) is 5.32 Å². The summed E-state index contributed by atoms with van der Waals surface area (Å²) in [6, 6.07) is 6.04. The molecule has 0 radical (unpaired) electrons. The molecule has 4 nitrogen and oxygen atoms in total. The van der Waals surface area contributed by atoms with E-state index < -0.39 is 0 Å². The number of rotatable bonds is 3. The van der Waals surface area contributed by atoms with Crippen LogP contribution >= 0.6 is 0 Å². The number of carbonyl (C=O) groups excluding carboxylic acids is 1. The number of hydrogen-bond donors (Lipinski definition) is 1. The Morgan fingerprint density at radius 3 is 2.94 bits per heavy atom. The molecule has 1 amide bonds. The average molecular weight is 247 g/mol. The lowest BCUT2D eigenvalue weighted by Crippen LogP contribution is -2.33. The summed E-state index contributed by atoms with van der Waals surface area (Å²) < 4.78 is 10.7. The third kappa shape index (κ3) is 2.28. The smallest absolute Gasteiger partial charge is 0.231 e. The van der Waals surface area contributed by atoms with Crippen molar-refractivity contribution in [2.75, 3.05) is 6.79 Å². The van der Waals surface area contributed by atoms with Gasteiger partial charge in [0.25, 0.3) is 0 Å². The zero-order valence-electron chi connectivity index (χ0n) is 10.3. The first-order valence-corrected chi connectivity index (χ1v) is 6.50. The predicted molar refractivity (Wildman–Crippen MR) is 66.7 cm³/mol. The normalized spacial score (nSPS) is 18.0. The van der Waals surface area contributed by atoms with Gasteiger partial charge in [0.2, 0.25) is 12.7 Å². The summed E-state index contributed by atoms with van der Waals surface area (Å²) in [5.41, 5.74) is 0.903. The van der Waals surface area contributed by atoms with Gasteiger partial charge in [0.15, 0.2) is 11.5 Å². The Kier molecular flexibility index (Phi) is 3.09. The molecular weight excluding hydrogens is 230 g/mol. The lowest BCUT2D eigenvalue weighted by Gasteiger charge is -2.12. The van der Waals surface area contributed by atoms with E-state index in [-0.39, 0.29) is 12.7 Å². The first kappa shape index (κ1) is 11.4. The third-order valence-electron chi connectivity index (χ3n) is 3.55. The molecule has 96 valence electrons. The molecule has 1 saturated carbocycles. The number of nitrogens with one attached hydrogen (secondary N) is 1. The van der Waals surface area contributed by atoms with Gasteiger partial charge >= 0.3 is 0 Å². The highest BCUT2D eigenvalue weighted by atomic mass is 16.7. The van der Waals surface area contributed by atoms with E-state index in [1.54, 1.807) is 0 Å². The third-order valence-corrected chi connectivity index (χ3v) is 3.55. The van der Waals surface area contributed by atoms with Crippen LogP contribution in [0.1, 0.15) is 31.2 Å². The van der Waals surface area contributed by atoms with E-state index in [0.29, 0.717) is 12.5 Å². The van der Waals surface area contributed by atoms with E-state index in [9.17, 15) is 4.79 Å². The molecule has 1 aromatic rings. The number of fused-ring (bicyclic) bond motifs is 1. The molecule has 0 unspecified atom stereocenters. The Morgan fingerprint density at radius 1 is 1.28 bits per heavy atom. The first-order chi connectivity index (χ1) is 8.83. The molecule has 1 fully saturated rings. The average Bonchev–Trinajstić information content (AvgIpc) is 2.99. The number of hydrogen-bond acceptors (Lipinski definition) is 3. The fourth-order valence-electron chi connectivity index (χ4n) is 2.65. The Balaban J connectivity index is 1.65. The second-order valence-corrected chi connectivity index (χ2v) is 4.88. The van der Waals surface area contributed by atoms with Gasteiger partial charge in [0, 0.05) is 11.6 Å². The number of amides is 1. The standard InChI is InChI=1S/C14H17NO3/c16-13(15-11-5-1-2-6-11)8-10-4-3-7-12-14(10)18-9-17-12/h3-4,7,11H,1-2,5-6,8-9H2,(H,15,16). The minimum absolute atomic E-state index is 0.0748. The molecule has 1 aliphatic heterocycles. The van der Waals surface area contributed by atoms with Gasteiger partial charge < -0.3 is 14.8 Å². The van der Waals surface area contributed by atoms with E-state index in [1.807, 2.05) is 18.2 Å². The predicted octanol–water partition coefficient (Wildman–Crippen LogP) is 2.02. The maximum atomic E-state index is 12.0. The van der Waals surface area contributed by atoms with Crippen molar-refractivity contribution in [3.8, 4) is 11.5 Å². The van der Waals surface area contributed by atoms with Crippen LogP contribution in [0.25, 0.3) is 0 Å². The van der Waals surface area contributed by atoms with E-state index in [1.165, 1.54) is 12.8 Å². The Hall–Kier alpha value is -1.71. The highest BCUT2D eigenvalue weighted by Crippen LogP contribution is 2.35. The Bertz CT molecular complexity index is 452. The number of para-hydroxylation sites is 1. The maximum absolute atomic E-state index is 12.0. The molecular formula is C14H17NO3. The monoisotopic (exact) mass is 247 g/mol. The minimum atomic E-state index is 0.0748. The lowest BCUT2D eigenvalue weighted by molar-refractivity contribution is -0.121. The van der Waals surface area contributed by atoms with Crippen molar-refractivity contribution in [2.24, 2.45) is 0 Å². The summed E-state index contributed by atoms with van der Waals surface area (Å²) in [5.74, 6) is 1.53. The van der Waals surface area contributed by atoms with Crippen molar-refractivity contribution in [1.82, 2.24) is 5.32 Å². The molecule has 18 heavy (non-hydrogen) atoms. The van der Waals surface area contributed by atoms with Crippen molar-refractivity contribution >= 4 is 5.91 Å². The van der Waals surface area contributed by atoms with E-state index >= 15 is 0 Å². The molecule has 4 heteroatoms. The SMILES string of the molecule is O=C(Cc1cccc2c1OCO2)NC1CCCC1. The lowest BCUT2D eigenvalue weighted by atomic mass is 10.1. The summed E-state index contributed by atoms with van der Waals surface area (Å²) in [4.78, 5) is 12.0. The molecule has 0 aromatic heterocycles. The molecule has 2 aliphatic rings. The zero-order chi connectivity index (χ0) is 12.4. The molecule has 0 saturated heterocycles. The number of benzene rings is 1. The van der Waals surface area contributed by atoms with Crippen molar-refractivity contribution in [3.05, 3.63) is 23.8 Å². The molecule has 0 spiro atoms. The highest BCUT2D eigenvalue weighted by molar-refractivity contribution is 5.80. The van der Waals surface area contributed by atoms with Gasteiger partial charge in [-0.25, -0.2) is 0 Å². The first-order valence-electron chi connectivity index (χ1n) is 6.50. The van der Waals surface area contributed by atoms with Crippen LogP contribution in [-0.4, -0.2) is 18.7 Å². The van der Waals surface area contributed by atoms with E-state index in [0.717, 1.165) is 29.9 Å². The van der Waals surface area contributed by atoms with Crippen LogP contribution in [0.5, 0.6) is 11.5 Å². The van der Waals surface area contributed by atoms with Crippen molar-refractivity contribution in [1.29, 1.82) is 0 Å². The second-order valence-electron chi connectivity index (χ2n) is 4.88. The van der Waals surface area contributed by atoms with Crippen LogP contribution in [0.4, 0.5) is 0 Å². The van der Waals surface area contributed by atoms with Gasteiger partial charge in [-0.3, -0.25) is 4.79 Å². The molecule has 1 aliphatic carbocycles. The maximum Gasteiger partial charge on any atom is 0.231 e. The fraction of sp³-hybridized carbons (Fsp3) is 0.500. The van der Waals surface area contributed by atoms with E-state index in [4.69, 9.17) is 9.47 Å². The molecule has 0 atom stereocenters. The van der Waals surface area contributed by atoms with Crippen LogP contribution in [0.2, 0.25) is 0 Å². The molecule has 0 bridgehead atoms. The van der Waals surface area contributed by atoms with Gasteiger partial charge in [-0.1, -0.05) is 25.0 Å². The largest absolute Gasteiger partial charge is 0.454 e. The summed E-state index contributed by atoms with van der Waals surface area (Å²) in [7, 11) is 0. The number of ether oxygens (including phenoxy) is 2. The van der Waals surface area contributed by atoms with Crippen LogP contribution < -0.4 is 14.8 Å². The van der Waals surface area contributed by atoms with Crippen LogP contribution in [0.15, 0.2) is 18.2 Å². The molecule has 1 heterocycles. The van der Waals surface area contributed by atoms with Crippen molar-refractivity contribution in [2.45, 2.75) is 38.1 Å². The molecule has 1 aromatic carbocycles. The Labute approximate surface area is 106 Å². The molecule has 3 rings (SSSR count). The van der Waals surface area contributed by atoms with Crippen LogP contribution in [-0.2, 0) is 11.2 Å². The van der Waals surface area contributed by atoms with Gasteiger partial charge in [0.05, 0.1) is 6.42 Å². The summed E-state index contributed by atoms with van der Waals surface area (Å²) in [5, 5.41) is 3.08. The van der Waals surface area contributed by atoms with Crippen molar-refractivity contribution in [3.63, 3.8) is 0 Å². The summed E-state index contributed by atoms with van der Waals surface area (Å²) >= 11 is 0. The van der Waals surface area contributed by atoms with Crippen LogP contribution in [0.3, 0.4) is 0 Å². The number of carbonyl (C=O) groups is 1. The van der Waals surface area contributed by atoms with Crippen LogP contribution in [0, 0.1) is 0 Å². The highest BCUT2D eigenvalue weighted by Gasteiger charge is 2.21. The summed E-state index contributed by atoms with van der Waals surface area (Å²) in [6.07, 6.45) is 5.03. The van der Waals surface area contributed by atoms with Gasteiger partial charge in [-0.05, 0) is 18.9 Å². The van der Waals surface area contributed by atoms with Gasteiger partial charge in [-0.2, -0.15) is 0 Å². The van der Waals surface area contributed by atoms with Crippen molar-refractivity contribution < 1.29 is 14.3 Å². The van der Waals surface area contributed by atoms with Gasteiger partial charge in [0.1, 0.15) is 0 Å². The zero-order valence-corrected chi connectivity index (χ0v) is 10.3. The second kappa shape index (κ2) is 4.88. The molecule has 1 N–H and O–H groups in total. The fourth-order valence-corrected chi connectivity index (χ4v) is 2.65.